The lowest BCUT2D eigenvalue weighted by Gasteiger charge is -2.12. The summed E-state index contributed by atoms with van der Waals surface area (Å²) in [4.78, 5) is 0.475. The van der Waals surface area contributed by atoms with Gasteiger partial charge >= 0.3 is 0 Å². The number of aryl methyl sites for hydroxylation is 1. The minimum Gasteiger partial charge on any atom is -0.490 e. The number of epoxide rings is 1. The van der Waals surface area contributed by atoms with Crippen molar-refractivity contribution in [3.05, 3.63) is 52.5 Å². The van der Waals surface area contributed by atoms with E-state index in [9.17, 15) is 8.42 Å². The van der Waals surface area contributed by atoms with E-state index in [0.29, 0.717) is 23.4 Å². The first-order chi connectivity index (χ1) is 10.5. The van der Waals surface area contributed by atoms with Crippen LogP contribution >= 0.6 is 15.9 Å². The predicted molar refractivity (Wildman–Crippen MR) is 86.0 cm³/mol. The molecule has 3 rings (SSSR count). The van der Waals surface area contributed by atoms with E-state index in [2.05, 4.69) is 15.9 Å². The number of hydrogen-bond donors (Lipinski definition) is 0. The van der Waals surface area contributed by atoms with Gasteiger partial charge in [-0.25, -0.2) is 8.42 Å². The molecule has 2 aromatic rings. The summed E-state index contributed by atoms with van der Waals surface area (Å²) in [5, 5.41) is 0. The van der Waals surface area contributed by atoms with Crippen LogP contribution in [0.1, 0.15) is 5.56 Å². The number of halogens is 1. The molecule has 0 aliphatic carbocycles. The maximum atomic E-state index is 12.8. The lowest BCUT2D eigenvalue weighted by molar-refractivity contribution is 0.261. The van der Waals surface area contributed by atoms with Crippen molar-refractivity contribution < 1.29 is 17.9 Å². The molecule has 4 nitrogen and oxygen atoms in total. The molecule has 0 saturated carbocycles. The van der Waals surface area contributed by atoms with Crippen molar-refractivity contribution in [2.24, 2.45) is 0 Å². The fraction of sp³-hybridized carbons (Fsp3) is 0.250. The zero-order valence-electron chi connectivity index (χ0n) is 12.0. The van der Waals surface area contributed by atoms with Crippen molar-refractivity contribution in [2.75, 3.05) is 13.2 Å². The molecule has 1 aliphatic rings. The molecule has 1 heterocycles. The summed E-state index contributed by atoms with van der Waals surface area (Å²) in [5.41, 5.74) is 0.899. The molecule has 0 radical (unpaired) electrons. The van der Waals surface area contributed by atoms with E-state index in [1.54, 1.807) is 36.4 Å². The first kappa shape index (κ1) is 15.5. The van der Waals surface area contributed by atoms with Crippen LogP contribution < -0.4 is 4.74 Å². The fourth-order valence-electron chi connectivity index (χ4n) is 2.07. The predicted octanol–water partition coefficient (Wildman–Crippen LogP) is 3.37. The molecule has 22 heavy (non-hydrogen) atoms. The van der Waals surface area contributed by atoms with Crippen molar-refractivity contribution >= 4 is 25.8 Å². The second-order valence-electron chi connectivity index (χ2n) is 5.15. The highest BCUT2D eigenvalue weighted by atomic mass is 79.9. The molecular weight excluding hydrogens is 368 g/mol. The molecule has 0 bridgehead atoms. The maximum absolute atomic E-state index is 12.8. The molecule has 0 aromatic heterocycles. The Balaban J connectivity index is 1.97. The van der Waals surface area contributed by atoms with E-state index in [1.807, 2.05) is 13.0 Å². The molecule has 116 valence electrons. The van der Waals surface area contributed by atoms with E-state index >= 15 is 0 Å². The zero-order chi connectivity index (χ0) is 15.7. The number of hydrogen-bond acceptors (Lipinski definition) is 4. The van der Waals surface area contributed by atoms with Crippen molar-refractivity contribution in [2.45, 2.75) is 22.8 Å². The highest BCUT2D eigenvalue weighted by Crippen LogP contribution is 2.35. The summed E-state index contributed by atoms with van der Waals surface area (Å²) in [6, 6.07) is 11.8. The van der Waals surface area contributed by atoms with Crippen molar-refractivity contribution in [1.29, 1.82) is 0 Å². The van der Waals surface area contributed by atoms with Gasteiger partial charge in [0, 0.05) is 0 Å². The summed E-state index contributed by atoms with van der Waals surface area (Å²) in [5.74, 6) is 0.504. The average Bonchev–Trinajstić information content (AvgIpc) is 3.30. The first-order valence-corrected chi connectivity index (χ1v) is 9.11. The largest absolute Gasteiger partial charge is 0.490 e. The van der Waals surface area contributed by atoms with Crippen molar-refractivity contribution in [3.8, 4) is 5.75 Å². The number of rotatable bonds is 5. The van der Waals surface area contributed by atoms with Gasteiger partial charge in [0.2, 0.25) is 9.84 Å². The standard InChI is InChI=1S/C16H15BrO4S/c1-11-4-2-5-13(8-11)22(18,19)15-7-3-6-14(16(15)17)21-10-12-9-20-12/h2-8,12H,9-10H2,1H3. The quantitative estimate of drug-likeness (QED) is 0.743. The monoisotopic (exact) mass is 382 g/mol. The third-order valence-electron chi connectivity index (χ3n) is 3.34. The Kier molecular flexibility index (Phi) is 4.25. The molecule has 0 amide bonds. The molecule has 0 spiro atoms. The van der Waals surface area contributed by atoms with Crippen LogP contribution in [-0.4, -0.2) is 27.7 Å². The van der Waals surface area contributed by atoms with Gasteiger partial charge in [-0.3, -0.25) is 0 Å². The van der Waals surface area contributed by atoms with E-state index < -0.39 is 9.84 Å². The molecule has 1 atom stereocenters. The number of ether oxygens (including phenoxy) is 2. The Morgan fingerprint density at radius 3 is 2.68 bits per heavy atom. The highest BCUT2D eigenvalue weighted by molar-refractivity contribution is 9.10. The normalized spacial score (nSPS) is 17.3. The van der Waals surface area contributed by atoms with Crippen LogP contribution in [0.2, 0.25) is 0 Å². The molecule has 2 aromatic carbocycles. The van der Waals surface area contributed by atoms with E-state index in [1.165, 1.54) is 0 Å². The van der Waals surface area contributed by atoms with Crippen LogP contribution in [0.4, 0.5) is 0 Å². The van der Waals surface area contributed by atoms with Gasteiger partial charge in [0.25, 0.3) is 0 Å². The number of sulfone groups is 1. The van der Waals surface area contributed by atoms with Crippen LogP contribution in [0.25, 0.3) is 0 Å². The number of benzene rings is 2. The van der Waals surface area contributed by atoms with Gasteiger partial charge in [-0.15, -0.1) is 0 Å². The van der Waals surface area contributed by atoms with Gasteiger partial charge < -0.3 is 9.47 Å². The maximum Gasteiger partial charge on any atom is 0.207 e. The molecule has 1 aliphatic heterocycles. The van der Waals surface area contributed by atoms with E-state index in [-0.39, 0.29) is 15.9 Å². The molecule has 1 saturated heterocycles. The van der Waals surface area contributed by atoms with Gasteiger partial charge in [-0.2, -0.15) is 0 Å². The summed E-state index contributed by atoms with van der Waals surface area (Å²) < 4.78 is 36.8. The fourth-order valence-corrected chi connectivity index (χ4v) is 4.53. The Bertz CT molecular complexity index is 798. The molecule has 1 unspecified atom stereocenters. The van der Waals surface area contributed by atoms with Crippen molar-refractivity contribution in [1.82, 2.24) is 0 Å². The summed E-state index contributed by atoms with van der Waals surface area (Å²) in [6.45, 7) is 2.98. The smallest absolute Gasteiger partial charge is 0.207 e. The first-order valence-electron chi connectivity index (χ1n) is 6.83. The highest BCUT2D eigenvalue weighted by Gasteiger charge is 2.26. The lowest BCUT2D eigenvalue weighted by Crippen LogP contribution is -2.07. The lowest BCUT2D eigenvalue weighted by atomic mass is 10.2. The Labute approximate surface area is 138 Å². The Hall–Kier alpha value is -1.37. The van der Waals surface area contributed by atoms with Gasteiger partial charge in [-0.05, 0) is 52.7 Å². The Morgan fingerprint density at radius 2 is 2.00 bits per heavy atom. The second kappa shape index (κ2) is 6.02. The summed E-state index contributed by atoms with van der Waals surface area (Å²) in [6.07, 6.45) is 0.115. The molecular formula is C16H15BrO4S. The second-order valence-corrected chi connectivity index (χ2v) is 7.87. The molecule has 1 fully saturated rings. The zero-order valence-corrected chi connectivity index (χ0v) is 14.4. The van der Waals surface area contributed by atoms with E-state index in [0.717, 1.165) is 5.56 Å². The van der Waals surface area contributed by atoms with Crippen LogP contribution in [0.5, 0.6) is 5.75 Å². The van der Waals surface area contributed by atoms with Crippen LogP contribution in [-0.2, 0) is 14.6 Å². The van der Waals surface area contributed by atoms with Gasteiger partial charge in [0.1, 0.15) is 18.5 Å². The van der Waals surface area contributed by atoms with Crippen LogP contribution in [0, 0.1) is 6.92 Å². The average molecular weight is 383 g/mol. The van der Waals surface area contributed by atoms with Gasteiger partial charge in [0.15, 0.2) is 0 Å². The minimum atomic E-state index is -3.60. The van der Waals surface area contributed by atoms with Gasteiger partial charge in [0.05, 0.1) is 20.9 Å². The molecule has 0 N–H and O–H groups in total. The van der Waals surface area contributed by atoms with Gasteiger partial charge in [-0.1, -0.05) is 18.2 Å². The summed E-state index contributed by atoms with van der Waals surface area (Å²) >= 11 is 3.36. The minimum absolute atomic E-state index is 0.115. The van der Waals surface area contributed by atoms with Crippen LogP contribution in [0.3, 0.4) is 0 Å². The van der Waals surface area contributed by atoms with Crippen LogP contribution in [0.15, 0.2) is 56.7 Å². The summed E-state index contributed by atoms with van der Waals surface area (Å²) in [7, 11) is -3.60. The van der Waals surface area contributed by atoms with Crippen molar-refractivity contribution in [3.63, 3.8) is 0 Å². The third-order valence-corrected chi connectivity index (χ3v) is 6.22. The SMILES string of the molecule is Cc1cccc(S(=O)(=O)c2cccc(OCC3CO3)c2Br)c1. The topological polar surface area (TPSA) is 55.9 Å². The third kappa shape index (κ3) is 3.19. The Morgan fingerprint density at radius 1 is 1.27 bits per heavy atom. The van der Waals surface area contributed by atoms with E-state index in [4.69, 9.17) is 9.47 Å². The molecule has 6 heteroatoms.